The maximum Gasteiger partial charge on any atom is 0.265 e. The molecule has 0 bridgehead atoms. The van der Waals surface area contributed by atoms with Gasteiger partial charge in [-0.2, -0.15) is 0 Å². The van der Waals surface area contributed by atoms with E-state index in [1.165, 1.54) is 11.3 Å². The maximum atomic E-state index is 12.7. The van der Waals surface area contributed by atoms with Gasteiger partial charge in [0, 0.05) is 30.7 Å². The highest BCUT2D eigenvalue weighted by molar-refractivity contribution is 7.16. The molecule has 1 N–H and O–H groups in total. The molecule has 21 heavy (non-hydrogen) atoms. The van der Waals surface area contributed by atoms with Gasteiger partial charge in [-0.15, -0.1) is 11.3 Å². The number of aromatic nitrogens is 1. The number of hydrogen-bond acceptors (Lipinski definition) is 4. The second kappa shape index (κ2) is 5.95. The topological polar surface area (TPSA) is 45.2 Å². The quantitative estimate of drug-likeness (QED) is 0.927. The molecule has 1 aromatic heterocycles. The van der Waals surface area contributed by atoms with E-state index in [0.29, 0.717) is 6.04 Å². The molecule has 0 saturated carbocycles. The Morgan fingerprint density at radius 2 is 2.10 bits per heavy atom. The van der Waals surface area contributed by atoms with Crippen molar-refractivity contribution in [2.75, 3.05) is 13.1 Å². The molecule has 1 aliphatic rings. The maximum absolute atomic E-state index is 12.7. The zero-order valence-electron chi connectivity index (χ0n) is 12.2. The van der Waals surface area contributed by atoms with Crippen LogP contribution >= 0.6 is 11.3 Å². The highest BCUT2D eigenvalue weighted by Crippen LogP contribution is 2.26. The van der Waals surface area contributed by atoms with Crippen LogP contribution in [0.25, 0.3) is 10.6 Å². The number of amides is 1. The number of carbonyl (C=O) groups excluding carboxylic acids is 1. The molecule has 2 atom stereocenters. The fourth-order valence-electron chi connectivity index (χ4n) is 2.57. The van der Waals surface area contributed by atoms with Crippen molar-refractivity contribution >= 4 is 17.2 Å². The van der Waals surface area contributed by atoms with E-state index in [2.05, 4.69) is 24.1 Å². The lowest BCUT2D eigenvalue weighted by Crippen LogP contribution is -2.57. The third-order valence-electron chi connectivity index (χ3n) is 4.03. The van der Waals surface area contributed by atoms with E-state index in [9.17, 15) is 4.79 Å². The second-order valence-corrected chi connectivity index (χ2v) is 6.41. The molecule has 1 fully saturated rings. The van der Waals surface area contributed by atoms with Crippen molar-refractivity contribution in [1.29, 1.82) is 0 Å². The SMILES string of the molecule is CC1NCCN(C(=O)c2cnc(-c3ccccc3)s2)C1C. The zero-order valence-corrected chi connectivity index (χ0v) is 13.1. The van der Waals surface area contributed by atoms with Crippen molar-refractivity contribution in [2.24, 2.45) is 0 Å². The number of piperazine rings is 1. The summed E-state index contributed by atoms with van der Waals surface area (Å²) in [4.78, 5) is 19.7. The Morgan fingerprint density at radius 3 is 2.86 bits per heavy atom. The number of nitrogens with one attached hydrogen (secondary N) is 1. The molecule has 1 aromatic carbocycles. The minimum Gasteiger partial charge on any atom is -0.332 e. The van der Waals surface area contributed by atoms with Crippen molar-refractivity contribution in [3.63, 3.8) is 0 Å². The molecule has 3 rings (SSSR count). The Bertz CT molecular complexity index is 625. The Hall–Kier alpha value is -1.72. The fraction of sp³-hybridized carbons (Fsp3) is 0.375. The Kier molecular flexibility index (Phi) is 4.03. The Morgan fingerprint density at radius 1 is 1.33 bits per heavy atom. The smallest absolute Gasteiger partial charge is 0.265 e. The average Bonchev–Trinajstić information content (AvgIpc) is 3.00. The van der Waals surface area contributed by atoms with Gasteiger partial charge in [-0.3, -0.25) is 4.79 Å². The number of nitrogens with zero attached hydrogens (tertiary/aromatic N) is 2. The molecule has 2 heterocycles. The molecule has 0 radical (unpaired) electrons. The van der Waals surface area contributed by atoms with Crippen LogP contribution in [0.2, 0.25) is 0 Å². The first-order valence-electron chi connectivity index (χ1n) is 7.22. The fourth-order valence-corrected chi connectivity index (χ4v) is 3.45. The summed E-state index contributed by atoms with van der Waals surface area (Å²) in [5.74, 6) is 0.0931. The van der Waals surface area contributed by atoms with Gasteiger partial charge in [0.05, 0.1) is 6.20 Å². The Balaban J connectivity index is 1.81. The minimum atomic E-state index is 0.0931. The summed E-state index contributed by atoms with van der Waals surface area (Å²) in [6.45, 7) is 5.81. The third kappa shape index (κ3) is 2.84. The van der Waals surface area contributed by atoms with E-state index in [1.54, 1.807) is 6.20 Å². The van der Waals surface area contributed by atoms with Gasteiger partial charge in [-0.05, 0) is 13.8 Å². The molecule has 1 aliphatic heterocycles. The molecule has 1 saturated heterocycles. The number of benzene rings is 1. The van der Waals surface area contributed by atoms with Crippen molar-refractivity contribution in [1.82, 2.24) is 15.2 Å². The summed E-state index contributed by atoms with van der Waals surface area (Å²) in [5, 5.41) is 4.29. The van der Waals surface area contributed by atoms with Gasteiger partial charge in [-0.1, -0.05) is 30.3 Å². The van der Waals surface area contributed by atoms with E-state index < -0.39 is 0 Å². The van der Waals surface area contributed by atoms with Gasteiger partial charge in [0.15, 0.2) is 0 Å². The summed E-state index contributed by atoms with van der Waals surface area (Å²) >= 11 is 1.47. The molecule has 4 nitrogen and oxygen atoms in total. The number of carbonyl (C=O) groups is 1. The van der Waals surface area contributed by atoms with Crippen molar-refractivity contribution in [3.05, 3.63) is 41.4 Å². The largest absolute Gasteiger partial charge is 0.332 e. The van der Waals surface area contributed by atoms with Crippen LogP contribution in [0.15, 0.2) is 36.5 Å². The molecular weight excluding hydrogens is 282 g/mol. The molecule has 1 amide bonds. The lowest BCUT2D eigenvalue weighted by molar-refractivity contribution is 0.0607. The van der Waals surface area contributed by atoms with Crippen LogP contribution in [0.5, 0.6) is 0 Å². The van der Waals surface area contributed by atoms with Crippen molar-refractivity contribution in [3.8, 4) is 10.6 Å². The first-order valence-corrected chi connectivity index (χ1v) is 8.04. The molecule has 0 aliphatic carbocycles. The van der Waals surface area contributed by atoms with Gasteiger partial charge in [0.2, 0.25) is 0 Å². The van der Waals surface area contributed by atoms with Crippen molar-refractivity contribution in [2.45, 2.75) is 25.9 Å². The first-order chi connectivity index (χ1) is 10.2. The molecule has 2 aromatic rings. The van der Waals surface area contributed by atoms with Crippen LogP contribution in [0.3, 0.4) is 0 Å². The number of thiazole rings is 1. The minimum absolute atomic E-state index is 0.0931. The van der Waals surface area contributed by atoms with Crippen LogP contribution < -0.4 is 5.32 Å². The normalized spacial score (nSPS) is 22.3. The second-order valence-electron chi connectivity index (χ2n) is 5.38. The monoisotopic (exact) mass is 301 g/mol. The lowest BCUT2D eigenvalue weighted by Gasteiger charge is -2.38. The van der Waals surface area contributed by atoms with E-state index in [-0.39, 0.29) is 11.9 Å². The van der Waals surface area contributed by atoms with Gasteiger partial charge < -0.3 is 10.2 Å². The average molecular weight is 301 g/mol. The van der Waals surface area contributed by atoms with Crippen LogP contribution in [0.4, 0.5) is 0 Å². The zero-order chi connectivity index (χ0) is 14.8. The highest BCUT2D eigenvalue weighted by atomic mass is 32.1. The van der Waals surface area contributed by atoms with E-state index in [1.807, 2.05) is 35.2 Å². The lowest BCUT2D eigenvalue weighted by atomic mass is 10.1. The van der Waals surface area contributed by atoms with Crippen LogP contribution in [0, 0.1) is 0 Å². The van der Waals surface area contributed by atoms with Crippen LogP contribution in [-0.4, -0.2) is 41.0 Å². The predicted molar refractivity (Wildman–Crippen MR) is 85.5 cm³/mol. The summed E-state index contributed by atoms with van der Waals surface area (Å²) in [5.41, 5.74) is 1.06. The van der Waals surface area contributed by atoms with Gasteiger partial charge in [-0.25, -0.2) is 4.98 Å². The van der Waals surface area contributed by atoms with E-state index >= 15 is 0 Å². The van der Waals surface area contributed by atoms with Crippen LogP contribution in [0.1, 0.15) is 23.5 Å². The summed E-state index contributed by atoms with van der Waals surface area (Å²) < 4.78 is 0. The van der Waals surface area contributed by atoms with Gasteiger partial charge >= 0.3 is 0 Å². The van der Waals surface area contributed by atoms with Crippen molar-refractivity contribution < 1.29 is 4.79 Å². The van der Waals surface area contributed by atoms with Gasteiger partial charge in [0.25, 0.3) is 5.91 Å². The number of hydrogen-bond donors (Lipinski definition) is 1. The molecule has 0 spiro atoms. The Labute approximate surface area is 128 Å². The molecule has 2 unspecified atom stereocenters. The summed E-state index contributed by atoms with van der Waals surface area (Å²) in [6, 6.07) is 10.5. The molecule has 110 valence electrons. The number of rotatable bonds is 2. The first kappa shape index (κ1) is 14.2. The predicted octanol–water partition coefficient (Wildman–Crippen LogP) is 2.63. The highest BCUT2D eigenvalue weighted by Gasteiger charge is 2.29. The standard InChI is InChI=1S/C16H19N3OS/c1-11-12(2)19(9-8-17-11)16(20)14-10-18-15(21-14)13-6-4-3-5-7-13/h3-7,10-12,17H,8-9H2,1-2H3. The molecule has 5 heteroatoms. The van der Waals surface area contributed by atoms with E-state index in [4.69, 9.17) is 0 Å². The molecular formula is C16H19N3OS. The summed E-state index contributed by atoms with van der Waals surface area (Å²) in [6.07, 6.45) is 1.70. The summed E-state index contributed by atoms with van der Waals surface area (Å²) in [7, 11) is 0. The van der Waals surface area contributed by atoms with E-state index in [0.717, 1.165) is 28.5 Å². The van der Waals surface area contributed by atoms with Crippen LogP contribution in [-0.2, 0) is 0 Å². The third-order valence-corrected chi connectivity index (χ3v) is 5.07. The van der Waals surface area contributed by atoms with Gasteiger partial charge in [0.1, 0.15) is 9.88 Å².